The van der Waals surface area contributed by atoms with Crippen molar-refractivity contribution in [1.82, 2.24) is 4.83 Å². The molecule has 0 radical (unpaired) electrons. The molecule has 0 saturated carbocycles. The standard InChI is InChI=1S/C17H22N2O2SSi/c1-14-5-9-16(10-6-14)22(20,21)19-18-13-15-7-11-17(12-8-15)23(2,3)4/h5-13,19H,1-4H3/b18-13-. The van der Waals surface area contributed by atoms with Crippen molar-refractivity contribution in [2.24, 2.45) is 5.10 Å². The summed E-state index contributed by atoms with van der Waals surface area (Å²) in [6.07, 6.45) is 1.51. The van der Waals surface area contributed by atoms with Crippen molar-refractivity contribution in [2.45, 2.75) is 31.5 Å². The molecule has 0 heterocycles. The van der Waals surface area contributed by atoms with Crippen molar-refractivity contribution in [3.8, 4) is 0 Å². The van der Waals surface area contributed by atoms with Crippen LogP contribution in [0.5, 0.6) is 0 Å². The number of hydrogen-bond donors (Lipinski definition) is 1. The predicted octanol–water partition coefficient (Wildman–Crippen LogP) is 2.85. The Morgan fingerprint density at radius 3 is 2.04 bits per heavy atom. The van der Waals surface area contributed by atoms with E-state index in [0.717, 1.165) is 11.1 Å². The van der Waals surface area contributed by atoms with Crippen LogP contribution in [0.4, 0.5) is 0 Å². The monoisotopic (exact) mass is 346 g/mol. The highest BCUT2D eigenvalue weighted by atomic mass is 32.2. The molecule has 4 nitrogen and oxygen atoms in total. The Balaban J connectivity index is 2.07. The molecule has 0 aromatic heterocycles. The van der Waals surface area contributed by atoms with Crippen molar-refractivity contribution in [2.75, 3.05) is 0 Å². The van der Waals surface area contributed by atoms with Crippen LogP contribution in [0.15, 0.2) is 58.5 Å². The van der Waals surface area contributed by atoms with E-state index >= 15 is 0 Å². The van der Waals surface area contributed by atoms with Gasteiger partial charge >= 0.3 is 0 Å². The van der Waals surface area contributed by atoms with E-state index in [1.807, 2.05) is 19.1 Å². The topological polar surface area (TPSA) is 58.5 Å². The van der Waals surface area contributed by atoms with Gasteiger partial charge in [-0.05, 0) is 24.6 Å². The Morgan fingerprint density at radius 1 is 0.957 bits per heavy atom. The highest BCUT2D eigenvalue weighted by molar-refractivity contribution is 7.89. The zero-order valence-corrected chi connectivity index (χ0v) is 15.7. The van der Waals surface area contributed by atoms with Gasteiger partial charge in [0.05, 0.1) is 19.2 Å². The molecule has 23 heavy (non-hydrogen) atoms. The first-order chi connectivity index (χ1) is 10.7. The quantitative estimate of drug-likeness (QED) is 0.514. The third-order valence-electron chi connectivity index (χ3n) is 3.49. The van der Waals surface area contributed by atoms with E-state index in [0.29, 0.717) is 0 Å². The molecular formula is C17H22N2O2SSi. The number of nitrogens with zero attached hydrogens (tertiary/aromatic N) is 1. The zero-order chi connectivity index (χ0) is 17.1. The molecular weight excluding hydrogens is 324 g/mol. The predicted molar refractivity (Wildman–Crippen MR) is 98.5 cm³/mol. The van der Waals surface area contributed by atoms with Gasteiger partial charge in [-0.15, -0.1) is 0 Å². The molecule has 0 saturated heterocycles. The van der Waals surface area contributed by atoms with Crippen LogP contribution in [-0.2, 0) is 10.0 Å². The summed E-state index contributed by atoms with van der Waals surface area (Å²) in [5.41, 5.74) is 1.87. The average Bonchev–Trinajstić information content (AvgIpc) is 2.47. The summed E-state index contributed by atoms with van der Waals surface area (Å²) >= 11 is 0. The molecule has 2 aromatic rings. The van der Waals surface area contributed by atoms with E-state index in [9.17, 15) is 8.42 Å². The highest BCUT2D eigenvalue weighted by Gasteiger charge is 2.15. The number of aryl methyl sites for hydroxylation is 1. The van der Waals surface area contributed by atoms with Gasteiger partial charge in [-0.25, -0.2) is 4.83 Å². The van der Waals surface area contributed by atoms with Crippen LogP contribution in [0.2, 0.25) is 19.6 Å². The number of benzene rings is 2. The summed E-state index contributed by atoms with van der Waals surface area (Å²) < 4.78 is 24.2. The second-order valence-electron chi connectivity index (χ2n) is 6.54. The first kappa shape index (κ1) is 17.4. The van der Waals surface area contributed by atoms with E-state index in [4.69, 9.17) is 0 Å². The van der Waals surface area contributed by atoms with Gasteiger partial charge in [0.2, 0.25) is 0 Å². The Kier molecular flexibility index (Phi) is 5.06. The summed E-state index contributed by atoms with van der Waals surface area (Å²) in [4.78, 5) is 2.44. The van der Waals surface area contributed by atoms with Gasteiger partial charge in [-0.2, -0.15) is 13.5 Å². The van der Waals surface area contributed by atoms with Gasteiger partial charge in [0.1, 0.15) is 0 Å². The summed E-state index contributed by atoms with van der Waals surface area (Å²) in [6.45, 7) is 8.76. The maximum atomic E-state index is 12.1. The Morgan fingerprint density at radius 2 is 1.52 bits per heavy atom. The van der Waals surface area contributed by atoms with Crippen molar-refractivity contribution in [3.63, 3.8) is 0 Å². The van der Waals surface area contributed by atoms with Gasteiger partial charge in [0.25, 0.3) is 10.0 Å². The molecule has 0 unspecified atom stereocenters. The van der Waals surface area contributed by atoms with Crippen LogP contribution in [0.25, 0.3) is 0 Å². The largest absolute Gasteiger partial charge is 0.276 e. The second kappa shape index (κ2) is 6.68. The zero-order valence-electron chi connectivity index (χ0n) is 13.9. The summed E-state index contributed by atoms with van der Waals surface area (Å²) in [5.74, 6) is 0. The van der Waals surface area contributed by atoms with E-state index in [1.165, 1.54) is 11.4 Å². The lowest BCUT2D eigenvalue weighted by Crippen LogP contribution is -2.37. The van der Waals surface area contributed by atoms with Crippen LogP contribution in [0.1, 0.15) is 11.1 Å². The van der Waals surface area contributed by atoms with Crippen LogP contribution in [0.3, 0.4) is 0 Å². The fraction of sp³-hybridized carbons (Fsp3) is 0.235. The summed E-state index contributed by atoms with van der Waals surface area (Å²) in [6, 6.07) is 14.7. The van der Waals surface area contributed by atoms with Gasteiger partial charge < -0.3 is 0 Å². The third kappa shape index (κ3) is 4.77. The first-order valence-corrected chi connectivity index (χ1v) is 12.4. The Labute approximate surface area is 139 Å². The van der Waals surface area contributed by atoms with Crippen molar-refractivity contribution in [3.05, 3.63) is 59.7 Å². The Hall–Kier alpha value is -1.92. The lowest BCUT2D eigenvalue weighted by molar-refractivity contribution is 0.584. The first-order valence-electron chi connectivity index (χ1n) is 7.40. The molecule has 0 aliphatic carbocycles. The molecule has 2 rings (SSSR count). The van der Waals surface area contributed by atoms with Crippen molar-refractivity contribution >= 4 is 29.5 Å². The smallest absolute Gasteiger partial charge is 0.200 e. The lowest BCUT2D eigenvalue weighted by atomic mass is 10.2. The normalized spacial score (nSPS) is 12.5. The maximum absolute atomic E-state index is 12.1. The Bertz CT molecular complexity index is 790. The molecule has 0 spiro atoms. The molecule has 6 heteroatoms. The molecule has 122 valence electrons. The van der Waals surface area contributed by atoms with Crippen LogP contribution >= 0.6 is 0 Å². The molecule has 0 aliphatic heterocycles. The van der Waals surface area contributed by atoms with E-state index in [-0.39, 0.29) is 4.90 Å². The third-order valence-corrected chi connectivity index (χ3v) is 6.80. The van der Waals surface area contributed by atoms with E-state index in [1.54, 1.807) is 24.3 Å². The van der Waals surface area contributed by atoms with E-state index < -0.39 is 18.1 Å². The lowest BCUT2D eigenvalue weighted by Gasteiger charge is -2.16. The number of sulfonamides is 1. The average molecular weight is 347 g/mol. The van der Waals surface area contributed by atoms with Gasteiger partial charge in [0.15, 0.2) is 0 Å². The van der Waals surface area contributed by atoms with Crippen LogP contribution < -0.4 is 10.0 Å². The summed E-state index contributed by atoms with van der Waals surface area (Å²) in [5, 5.41) is 5.21. The fourth-order valence-electron chi connectivity index (χ4n) is 2.01. The van der Waals surface area contributed by atoms with Crippen LogP contribution in [0, 0.1) is 6.92 Å². The van der Waals surface area contributed by atoms with Crippen molar-refractivity contribution in [1.29, 1.82) is 0 Å². The second-order valence-corrected chi connectivity index (χ2v) is 13.3. The molecule has 0 atom stereocenters. The SMILES string of the molecule is Cc1ccc(S(=O)(=O)N/N=C\c2ccc([Si](C)(C)C)cc2)cc1. The molecule has 0 amide bonds. The molecule has 0 bridgehead atoms. The molecule has 1 N–H and O–H groups in total. The number of rotatable bonds is 5. The number of nitrogens with one attached hydrogen (secondary N) is 1. The number of hydrogen-bond acceptors (Lipinski definition) is 3. The van der Waals surface area contributed by atoms with Crippen LogP contribution in [-0.4, -0.2) is 22.7 Å². The summed E-state index contributed by atoms with van der Waals surface area (Å²) in [7, 11) is -4.94. The minimum atomic E-state index is -3.62. The molecule has 0 aliphatic rings. The minimum Gasteiger partial charge on any atom is -0.200 e. The number of hydrazone groups is 1. The minimum absolute atomic E-state index is 0.203. The van der Waals surface area contributed by atoms with Gasteiger partial charge in [-0.3, -0.25) is 0 Å². The van der Waals surface area contributed by atoms with E-state index in [2.05, 4.69) is 41.7 Å². The van der Waals surface area contributed by atoms with Crippen molar-refractivity contribution < 1.29 is 8.42 Å². The van der Waals surface area contributed by atoms with Gasteiger partial charge in [0, 0.05) is 0 Å². The van der Waals surface area contributed by atoms with Gasteiger partial charge in [-0.1, -0.05) is 66.8 Å². The fourth-order valence-corrected chi connectivity index (χ4v) is 3.97. The molecule has 0 fully saturated rings. The maximum Gasteiger partial charge on any atom is 0.276 e. The molecule has 2 aromatic carbocycles. The highest BCUT2D eigenvalue weighted by Crippen LogP contribution is 2.09.